The molecule has 0 unspecified atom stereocenters. The van der Waals surface area contributed by atoms with E-state index < -0.39 is 22.6 Å². The lowest BCUT2D eigenvalue weighted by molar-refractivity contribution is -0.137. The maximum atomic E-state index is 11.0. The molecular weight excluding hydrogens is 362 g/mol. The summed E-state index contributed by atoms with van der Waals surface area (Å²) in [5, 5.41) is 9.38. The van der Waals surface area contributed by atoms with Crippen LogP contribution in [0.1, 0.15) is 48.0 Å². The van der Waals surface area contributed by atoms with Crippen LogP contribution >= 0.6 is 0 Å². The van der Waals surface area contributed by atoms with Gasteiger partial charge in [0.25, 0.3) is 0 Å². The molecule has 0 radical (unpaired) electrons. The third-order valence-electron chi connectivity index (χ3n) is 6.00. The molecule has 7 heteroatoms. The second kappa shape index (κ2) is 9.82. The quantitative estimate of drug-likeness (QED) is 0.500. The number of carboxylic acid groups (broad SMARTS) is 1. The van der Waals surface area contributed by atoms with E-state index in [0.29, 0.717) is 19.8 Å². The van der Waals surface area contributed by atoms with Gasteiger partial charge in [0.1, 0.15) is 0 Å². The van der Waals surface area contributed by atoms with E-state index in [1.54, 1.807) is 0 Å². The molecule has 0 amide bonds. The first-order valence-corrected chi connectivity index (χ1v) is 15.5. The lowest BCUT2D eigenvalue weighted by Gasteiger charge is -2.38. The fourth-order valence-electron chi connectivity index (χ4n) is 1.88. The van der Waals surface area contributed by atoms with Crippen LogP contribution in [0.3, 0.4) is 0 Å². The minimum Gasteiger partial charge on any atom is -0.481 e. The SMILES string of the molecule is CC(C)(C)[Si](C)(C)OCCN(CCO[Si](C)(C)C(C)(C)C)CCC(=O)O. The van der Waals surface area contributed by atoms with Crippen molar-refractivity contribution >= 4 is 22.6 Å². The zero-order chi connectivity index (χ0) is 20.8. The number of carbonyl (C=O) groups is 1. The van der Waals surface area contributed by atoms with E-state index in [0.717, 1.165) is 13.1 Å². The minimum atomic E-state index is -1.77. The van der Waals surface area contributed by atoms with E-state index in [1.165, 1.54) is 0 Å². The van der Waals surface area contributed by atoms with Gasteiger partial charge in [0.15, 0.2) is 16.6 Å². The molecule has 0 bridgehead atoms. The van der Waals surface area contributed by atoms with Crippen molar-refractivity contribution in [2.75, 3.05) is 32.8 Å². The maximum Gasteiger partial charge on any atom is 0.304 e. The second-order valence-electron chi connectivity index (χ2n) is 10.2. The fourth-order valence-corrected chi connectivity index (χ4v) is 3.95. The zero-order valence-corrected chi connectivity index (χ0v) is 20.9. The van der Waals surface area contributed by atoms with Crippen molar-refractivity contribution in [2.45, 2.75) is 84.2 Å². The monoisotopic (exact) mass is 405 g/mol. The molecule has 0 saturated heterocycles. The normalized spacial score (nSPS) is 14.1. The molecule has 0 heterocycles. The van der Waals surface area contributed by atoms with Crippen LogP contribution < -0.4 is 0 Å². The van der Waals surface area contributed by atoms with Crippen LogP contribution in [0.15, 0.2) is 0 Å². The molecule has 156 valence electrons. The Morgan fingerprint density at radius 1 is 0.808 bits per heavy atom. The maximum absolute atomic E-state index is 11.0. The van der Waals surface area contributed by atoms with Crippen molar-refractivity contribution in [3.63, 3.8) is 0 Å². The van der Waals surface area contributed by atoms with E-state index in [-0.39, 0.29) is 16.5 Å². The molecule has 5 nitrogen and oxygen atoms in total. The molecule has 0 fully saturated rings. The van der Waals surface area contributed by atoms with Crippen LogP contribution in [0.5, 0.6) is 0 Å². The highest BCUT2D eigenvalue weighted by molar-refractivity contribution is 6.74. The molecule has 0 aliphatic carbocycles. The minimum absolute atomic E-state index is 0.153. The van der Waals surface area contributed by atoms with Crippen molar-refractivity contribution in [3.8, 4) is 0 Å². The van der Waals surface area contributed by atoms with E-state index in [2.05, 4.69) is 72.6 Å². The molecule has 26 heavy (non-hydrogen) atoms. The molecule has 0 spiro atoms. The molecule has 0 saturated carbocycles. The van der Waals surface area contributed by atoms with Crippen molar-refractivity contribution in [1.82, 2.24) is 4.90 Å². The molecule has 0 aliphatic rings. The van der Waals surface area contributed by atoms with Gasteiger partial charge < -0.3 is 14.0 Å². The summed E-state index contributed by atoms with van der Waals surface area (Å²) in [6.07, 6.45) is 0.153. The Bertz CT molecular complexity index is 408. The highest BCUT2D eigenvalue weighted by Crippen LogP contribution is 2.37. The Morgan fingerprint density at radius 3 is 1.42 bits per heavy atom. The summed E-state index contributed by atoms with van der Waals surface area (Å²) in [5.74, 6) is -0.759. The average Bonchev–Trinajstić information content (AvgIpc) is 2.41. The molecule has 0 aliphatic heterocycles. The first kappa shape index (κ1) is 25.8. The first-order valence-electron chi connectivity index (χ1n) is 9.72. The van der Waals surface area contributed by atoms with Crippen molar-refractivity contribution in [3.05, 3.63) is 0 Å². The number of hydrogen-bond acceptors (Lipinski definition) is 4. The third-order valence-corrected chi connectivity index (χ3v) is 15.1. The van der Waals surface area contributed by atoms with Gasteiger partial charge in [-0.25, -0.2) is 0 Å². The first-order chi connectivity index (χ1) is 11.5. The Balaban J connectivity index is 4.61. The fraction of sp³-hybridized carbons (Fsp3) is 0.947. The molecular formula is C19H43NO4Si2. The van der Waals surface area contributed by atoms with Crippen molar-refractivity contribution in [2.24, 2.45) is 0 Å². The summed E-state index contributed by atoms with van der Waals surface area (Å²) in [4.78, 5) is 13.1. The van der Waals surface area contributed by atoms with Gasteiger partial charge in [-0.15, -0.1) is 0 Å². The van der Waals surface area contributed by atoms with E-state index in [4.69, 9.17) is 14.0 Å². The van der Waals surface area contributed by atoms with Gasteiger partial charge in [0, 0.05) is 32.8 Å². The van der Waals surface area contributed by atoms with Crippen molar-refractivity contribution in [1.29, 1.82) is 0 Å². The second-order valence-corrected chi connectivity index (χ2v) is 19.8. The van der Waals surface area contributed by atoms with Gasteiger partial charge in [-0.1, -0.05) is 41.5 Å². The Kier molecular flexibility index (Phi) is 9.74. The van der Waals surface area contributed by atoms with Gasteiger partial charge in [-0.05, 0) is 36.3 Å². The molecule has 0 rings (SSSR count). The predicted molar refractivity (Wildman–Crippen MR) is 115 cm³/mol. The Hall–Kier alpha value is -0.216. The summed E-state index contributed by atoms with van der Waals surface area (Å²) in [6.45, 7) is 25.7. The molecule has 0 aromatic carbocycles. The largest absolute Gasteiger partial charge is 0.481 e. The molecule has 1 N–H and O–H groups in total. The van der Waals surface area contributed by atoms with Gasteiger partial charge >= 0.3 is 5.97 Å². The average molecular weight is 406 g/mol. The van der Waals surface area contributed by atoms with Crippen LogP contribution in [0.2, 0.25) is 36.3 Å². The van der Waals surface area contributed by atoms with Crippen LogP contribution in [0.25, 0.3) is 0 Å². The van der Waals surface area contributed by atoms with Crippen molar-refractivity contribution < 1.29 is 18.8 Å². The number of aliphatic carboxylic acids is 1. The Labute approximate surface area is 163 Å². The van der Waals surface area contributed by atoms with Crippen LogP contribution in [0, 0.1) is 0 Å². The summed E-state index contributed by atoms with van der Waals surface area (Å²) in [7, 11) is -3.54. The van der Waals surface area contributed by atoms with Crippen LogP contribution in [-0.4, -0.2) is 65.5 Å². The topological polar surface area (TPSA) is 59.0 Å². The molecule has 0 aromatic rings. The number of rotatable bonds is 11. The standard InChI is InChI=1S/C19H43NO4Si2/c1-18(2,3)25(7,8)23-15-13-20(12-11-17(21)22)14-16-24-26(9,10)19(4,5)6/h11-16H2,1-10H3,(H,21,22). The summed E-state index contributed by atoms with van der Waals surface area (Å²) < 4.78 is 12.5. The zero-order valence-electron chi connectivity index (χ0n) is 18.9. The highest BCUT2D eigenvalue weighted by Gasteiger charge is 2.38. The molecule has 0 aromatic heterocycles. The molecule has 0 atom stereocenters. The lowest BCUT2D eigenvalue weighted by atomic mass is 10.2. The summed E-state index contributed by atoms with van der Waals surface area (Å²) >= 11 is 0. The van der Waals surface area contributed by atoms with Crippen LogP contribution in [0.4, 0.5) is 0 Å². The smallest absolute Gasteiger partial charge is 0.304 e. The Morgan fingerprint density at radius 2 is 1.15 bits per heavy atom. The lowest BCUT2D eigenvalue weighted by Crippen LogP contribution is -2.45. The van der Waals surface area contributed by atoms with E-state index in [1.807, 2.05) is 0 Å². The number of carboxylic acids is 1. The van der Waals surface area contributed by atoms with E-state index >= 15 is 0 Å². The van der Waals surface area contributed by atoms with Gasteiger partial charge in [0.2, 0.25) is 0 Å². The third kappa shape index (κ3) is 9.12. The van der Waals surface area contributed by atoms with Crippen LogP contribution in [-0.2, 0) is 13.6 Å². The predicted octanol–water partition coefficient (Wildman–Crippen LogP) is 4.81. The summed E-state index contributed by atoms with van der Waals surface area (Å²) in [5.41, 5.74) is 0. The van der Waals surface area contributed by atoms with Gasteiger partial charge in [-0.2, -0.15) is 0 Å². The van der Waals surface area contributed by atoms with Gasteiger partial charge in [0.05, 0.1) is 6.42 Å². The highest BCUT2D eigenvalue weighted by atomic mass is 28.4. The van der Waals surface area contributed by atoms with E-state index in [9.17, 15) is 4.79 Å². The number of nitrogens with zero attached hydrogens (tertiary/aromatic N) is 1. The number of hydrogen-bond donors (Lipinski definition) is 1. The summed E-state index contributed by atoms with van der Waals surface area (Å²) in [6, 6.07) is 0. The van der Waals surface area contributed by atoms with Gasteiger partial charge in [-0.3, -0.25) is 9.69 Å².